The molecule has 0 unspecified atom stereocenters. The lowest BCUT2D eigenvalue weighted by molar-refractivity contribution is 0.0522. The van der Waals surface area contributed by atoms with Crippen molar-refractivity contribution >= 4 is 23.4 Å². The average Bonchev–Trinajstić information content (AvgIpc) is 2.84. The van der Waals surface area contributed by atoms with Crippen LogP contribution in [0, 0.1) is 0 Å². The van der Waals surface area contributed by atoms with Crippen LogP contribution in [0.1, 0.15) is 17.3 Å². The highest BCUT2D eigenvalue weighted by molar-refractivity contribution is 7.99. The largest absolute Gasteiger partial charge is 0.462 e. The molecule has 0 atom stereocenters. The number of nitrogens with zero attached hydrogens (tertiary/aromatic N) is 1. The second-order valence-electron chi connectivity index (χ2n) is 3.38. The third-order valence-electron chi connectivity index (χ3n) is 2.11. The van der Waals surface area contributed by atoms with Crippen molar-refractivity contribution in [1.82, 2.24) is 4.98 Å². The van der Waals surface area contributed by atoms with Gasteiger partial charge in [0.25, 0.3) is 5.22 Å². The van der Waals surface area contributed by atoms with Gasteiger partial charge in [-0.1, -0.05) is 0 Å². The van der Waals surface area contributed by atoms with Crippen LogP contribution < -0.4 is 5.73 Å². The Morgan fingerprint density at radius 3 is 3.06 bits per heavy atom. The molecule has 0 saturated carbocycles. The number of carbonyl (C=O) groups is 1. The fourth-order valence-corrected chi connectivity index (χ4v) is 2.15. The molecule has 0 bridgehead atoms. The maximum atomic E-state index is 11.8. The van der Waals surface area contributed by atoms with E-state index in [0.29, 0.717) is 28.0 Å². The zero-order chi connectivity index (χ0) is 13.0. The van der Waals surface area contributed by atoms with Crippen LogP contribution in [0.15, 0.2) is 45.2 Å². The summed E-state index contributed by atoms with van der Waals surface area (Å²) in [6.45, 7) is 2.07. The number of benzene rings is 1. The van der Waals surface area contributed by atoms with E-state index in [1.807, 2.05) is 0 Å². The molecule has 1 aromatic heterocycles. The predicted octanol–water partition coefficient (Wildman–Crippen LogP) is 2.58. The standard InChI is InChI=1S/C12H12N2O3S/c1-2-16-11(15)9-7-8(13)3-4-10(9)18-12-14-5-6-17-12/h3-7H,2,13H2,1H3. The topological polar surface area (TPSA) is 78.4 Å². The van der Waals surface area contributed by atoms with E-state index < -0.39 is 5.97 Å². The van der Waals surface area contributed by atoms with Crippen molar-refractivity contribution in [2.75, 3.05) is 12.3 Å². The summed E-state index contributed by atoms with van der Waals surface area (Å²) < 4.78 is 10.1. The first-order valence-corrected chi connectivity index (χ1v) is 6.16. The molecule has 0 saturated heterocycles. The molecule has 94 valence electrons. The van der Waals surface area contributed by atoms with Gasteiger partial charge >= 0.3 is 5.97 Å². The lowest BCUT2D eigenvalue weighted by atomic mass is 10.2. The fraction of sp³-hybridized carbons (Fsp3) is 0.167. The van der Waals surface area contributed by atoms with Crippen molar-refractivity contribution in [3.8, 4) is 0 Å². The zero-order valence-electron chi connectivity index (χ0n) is 9.75. The summed E-state index contributed by atoms with van der Waals surface area (Å²) >= 11 is 1.25. The maximum absolute atomic E-state index is 11.8. The Kier molecular flexibility index (Phi) is 3.88. The normalized spacial score (nSPS) is 10.3. The van der Waals surface area contributed by atoms with E-state index in [9.17, 15) is 4.79 Å². The highest BCUT2D eigenvalue weighted by Gasteiger charge is 2.15. The number of ether oxygens (including phenoxy) is 1. The smallest absolute Gasteiger partial charge is 0.339 e. The lowest BCUT2D eigenvalue weighted by Crippen LogP contribution is -2.06. The van der Waals surface area contributed by atoms with Gasteiger partial charge < -0.3 is 14.9 Å². The molecule has 1 aromatic carbocycles. The number of aromatic nitrogens is 1. The van der Waals surface area contributed by atoms with Crippen molar-refractivity contribution in [2.24, 2.45) is 0 Å². The molecule has 5 nitrogen and oxygen atoms in total. The van der Waals surface area contributed by atoms with Gasteiger partial charge in [-0.2, -0.15) is 0 Å². The summed E-state index contributed by atoms with van der Waals surface area (Å²) in [5.41, 5.74) is 6.60. The second-order valence-corrected chi connectivity index (χ2v) is 4.37. The van der Waals surface area contributed by atoms with Crippen molar-refractivity contribution in [3.63, 3.8) is 0 Å². The Morgan fingerprint density at radius 1 is 1.56 bits per heavy atom. The van der Waals surface area contributed by atoms with Gasteiger partial charge in [0.1, 0.15) is 6.26 Å². The third kappa shape index (κ3) is 2.84. The number of rotatable bonds is 4. The van der Waals surface area contributed by atoms with Gasteiger partial charge in [0.2, 0.25) is 0 Å². The van der Waals surface area contributed by atoms with Crippen LogP contribution >= 0.6 is 11.8 Å². The van der Waals surface area contributed by atoms with Gasteiger partial charge in [0.05, 0.1) is 18.4 Å². The van der Waals surface area contributed by atoms with Gasteiger partial charge in [-0.05, 0) is 36.9 Å². The Hall–Kier alpha value is -1.95. The minimum absolute atomic E-state index is 0.316. The summed E-state index contributed by atoms with van der Waals surface area (Å²) in [5, 5.41) is 0.463. The molecule has 2 N–H and O–H groups in total. The molecule has 2 aromatic rings. The summed E-state index contributed by atoms with van der Waals surface area (Å²) in [7, 11) is 0. The summed E-state index contributed by atoms with van der Waals surface area (Å²) in [6.07, 6.45) is 3.02. The molecule has 0 fully saturated rings. The van der Waals surface area contributed by atoms with Crippen LogP contribution in [0.5, 0.6) is 0 Å². The minimum atomic E-state index is -0.404. The molecule has 1 heterocycles. The van der Waals surface area contributed by atoms with Crippen LogP contribution in [0.3, 0.4) is 0 Å². The number of hydrogen-bond donors (Lipinski definition) is 1. The average molecular weight is 264 g/mol. The molecule has 0 amide bonds. The van der Waals surface area contributed by atoms with Crippen LogP contribution in [0.2, 0.25) is 0 Å². The molecule has 0 aliphatic carbocycles. The summed E-state index contributed by atoms with van der Waals surface area (Å²) in [5.74, 6) is -0.404. The predicted molar refractivity (Wildman–Crippen MR) is 67.4 cm³/mol. The monoisotopic (exact) mass is 264 g/mol. The van der Waals surface area contributed by atoms with Crippen LogP contribution in [0.25, 0.3) is 0 Å². The number of nitrogens with two attached hydrogens (primary N) is 1. The van der Waals surface area contributed by atoms with Gasteiger partial charge in [0, 0.05) is 10.6 Å². The molecule has 18 heavy (non-hydrogen) atoms. The number of nitrogen functional groups attached to an aromatic ring is 1. The van der Waals surface area contributed by atoms with E-state index in [1.165, 1.54) is 18.0 Å². The third-order valence-corrected chi connectivity index (χ3v) is 3.06. The highest BCUT2D eigenvalue weighted by atomic mass is 32.2. The van der Waals surface area contributed by atoms with E-state index >= 15 is 0 Å². The number of hydrogen-bond acceptors (Lipinski definition) is 6. The molecule has 0 radical (unpaired) electrons. The van der Waals surface area contributed by atoms with E-state index in [4.69, 9.17) is 14.9 Å². The van der Waals surface area contributed by atoms with Crippen molar-refractivity contribution < 1.29 is 13.9 Å². The van der Waals surface area contributed by atoms with Crippen LogP contribution in [-0.4, -0.2) is 17.6 Å². The van der Waals surface area contributed by atoms with E-state index in [-0.39, 0.29) is 0 Å². The van der Waals surface area contributed by atoms with E-state index in [2.05, 4.69) is 4.98 Å². The number of carbonyl (C=O) groups excluding carboxylic acids is 1. The number of esters is 1. The first-order valence-electron chi connectivity index (χ1n) is 5.34. The molecular formula is C12H12N2O3S. The van der Waals surface area contributed by atoms with Gasteiger partial charge in [-0.25, -0.2) is 9.78 Å². The lowest BCUT2D eigenvalue weighted by Gasteiger charge is -2.07. The Labute approximate surface area is 108 Å². The van der Waals surface area contributed by atoms with Gasteiger partial charge in [-0.3, -0.25) is 0 Å². The zero-order valence-corrected chi connectivity index (χ0v) is 10.6. The molecule has 2 rings (SSSR count). The molecule has 0 aliphatic heterocycles. The second kappa shape index (κ2) is 5.59. The first-order chi connectivity index (χ1) is 8.70. The molecule has 6 heteroatoms. The fourth-order valence-electron chi connectivity index (χ4n) is 1.36. The summed E-state index contributed by atoms with van der Waals surface area (Å²) in [4.78, 5) is 16.5. The van der Waals surface area contributed by atoms with Crippen LogP contribution in [-0.2, 0) is 4.74 Å². The maximum Gasteiger partial charge on any atom is 0.339 e. The molecule has 0 aliphatic rings. The quantitative estimate of drug-likeness (QED) is 0.675. The Bertz CT molecular complexity index is 540. The van der Waals surface area contributed by atoms with Crippen molar-refractivity contribution in [1.29, 1.82) is 0 Å². The Morgan fingerprint density at radius 2 is 2.39 bits per heavy atom. The SMILES string of the molecule is CCOC(=O)c1cc(N)ccc1Sc1ncco1. The Balaban J connectivity index is 2.31. The van der Waals surface area contributed by atoms with E-state index in [0.717, 1.165) is 0 Å². The highest BCUT2D eigenvalue weighted by Crippen LogP contribution is 2.30. The first kappa shape index (κ1) is 12.5. The molecule has 0 spiro atoms. The van der Waals surface area contributed by atoms with Gasteiger partial charge in [-0.15, -0.1) is 0 Å². The van der Waals surface area contributed by atoms with Crippen molar-refractivity contribution in [2.45, 2.75) is 17.0 Å². The van der Waals surface area contributed by atoms with Crippen molar-refractivity contribution in [3.05, 3.63) is 36.2 Å². The summed E-state index contributed by atoms with van der Waals surface area (Å²) in [6, 6.07) is 5.05. The van der Waals surface area contributed by atoms with Gasteiger partial charge in [0.15, 0.2) is 0 Å². The number of anilines is 1. The van der Waals surface area contributed by atoms with E-state index in [1.54, 1.807) is 31.3 Å². The minimum Gasteiger partial charge on any atom is -0.462 e. The number of oxazole rings is 1. The van der Waals surface area contributed by atoms with Crippen LogP contribution in [0.4, 0.5) is 5.69 Å². The molecular weight excluding hydrogens is 252 g/mol.